The molecule has 22 heavy (non-hydrogen) atoms. The molecule has 6 heteroatoms. The van der Waals surface area contributed by atoms with Gasteiger partial charge in [0.2, 0.25) is 0 Å². The first kappa shape index (κ1) is 16.8. The van der Waals surface area contributed by atoms with Gasteiger partial charge in [0.05, 0.1) is 17.0 Å². The van der Waals surface area contributed by atoms with Crippen LogP contribution in [0.1, 0.15) is 42.1 Å². The second-order valence-electron chi connectivity index (χ2n) is 5.98. The van der Waals surface area contributed by atoms with E-state index in [0.717, 1.165) is 0 Å². The number of aliphatic carboxylic acids is 1. The standard InChI is InChI=1S/C16H19ClO5/c1-9(6-13(18)19)14(20)11-5-10(2)15(12(17)7-11)22-8-16(21)3-4-16/h5,7,9,21H,3-4,6,8H2,1-2H3,(H,18,19). The van der Waals surface area contributed by atoms with Gasteiger partial charge in [0, 0.05) is 11.5 Å². The lowest BCUT2D eigenvalue weighted by Crippen LogP contribution is -2.19. The molecule has 1 atom stereocenters. The molecule has 1 saturated carbocycles. The molecule has 0 saturated heterocycles. The molecule has 1 aromatic rings. The summed E-state index contributed by atoms with van der Waals surface area (Å²) in [6, 6.07) is 3.13. The van der Waals surface area contributed by atoms with Gasteiger partial charge in [-0.1, -0.05) is 18.5 Å². The van der Waals surface area contributed by atoms with Gasteiger partial charge in [0.25, 0.3) is 0 Å². The van der Waals surface area contributed by atoms with Crippen LogP contribution in [-0.2, 0) is 4.79 Å². The van der Waals surface area contributed by atoms with E-state index in [9.17, 15) is 14.7 Å². The minimum absolute atomic E-state index is 0.177. The zero-order valence-corrected chi connectivity index (χ0v) is 13.3. The highest BCUT2D eigenvalue weighted by Gasteiger charge is 2.41. The molecule has 1 unspecified atom stereocenters. The third-order valence-electron chi connectivity index (χ3n) is 3.75. The molecule has 5 nitrogen and oxygen atoms in total. The molecule has 1 aliphatic rings. The number of benzene rings is 1. The van der Waals surface area contributed by atoms with Crippen LogP contribution in [0.2, 0.25) is 5.02 Å². The van der Waals surface area contributed by atoms with Crippen molar-refractivity contribution in [1.29, 1.82) is 0 Å². The third-order valence-corrected chi connectivity index (χ3v) is 4.04. The lowest BCUT2D eigenvalue weighted by atomic mass is 9.95. The van der Waals surface area contributed by atoms with E-state index in [0.29, 0.717) is 29.7 Å². The molecule has 0 radical (unpaired) electrons. The van der Waals surface area contributed by atoms with Gasteiger partial charge in [-0.3, -0.25) is 9.59 Å². The Morgan fingerprint density at radius 2 is 2.05 bits per heavy atom. The Labute approximate surface area is 133 Å². The van der Waals surface area contributed by atoms with Gasteiger partial charge in [-0.25, -0.2) is 0 Å². The number of ether oxygens (including phenoxy) is 1. The normalized spacial score (nSPS) is 16.9. The molecule has 0 aromatic heterocycles. The van der Waals surface area contributed by atoms with Crippen molar-refractivity contribution in [3.63, 3.8) is 0 Å². The third kappa shape index (κ3) is 3.99. The number of aliphatic hydroxyl groups is 1. The van der Waals surface area contributed by atoms with E-state index < -0.39 is 17.5 Å². The number of aryl methyl sites for hydroxylation is 1. The van der Waals surface area contributed by atoms with Crippen molar-refractivity contribution in [1.82, 2.24) is 0 Å². The number of carbonyl (C=O) groups is 2. The van der Waals surface area contributed by atoms with E-state index in [4.69, 9.17) is 21.4 Å². The average Bonchev–Trinajstić information content (AvgIpc) is 3.14. The van der Waals surface area contributed by atoms with Crippen LogP contribution in [-0.4, -0.2) is 34.2 Å². The van der Waals surface area contributed by atoms with Gasteiger partial charge in [-0.05, 0) is 37.5 Å². The molecule has 2 N–H and O–H groups in total. The van der Waals surface area contributed by atoms with Gasteiger partial charge in [0.15, 0.2) is 5.78 Å². The highest BCUT2D eigenvalue weighted by Crippen LogP contribution is 2.37. The fraction of sp³-hybridized carbons (Fsp3) is 0.500. The zero-order chi connectivity index (χ0) is 16.5. The van der Waals surface area contributed by atoms with E-state index >= 15 is 0 Å². The fourth-order valence-electron chi connectivity index (χ4n) is 2.19. The minimum atomic E-state index is -1.01. The lowest BCUT2D eigenvalue weighted by molar-refractivity contribution is -0.137. The maximum atomic E-state index is 12.2. The molecule has 0 heterocycles. The van der Waals surface area contributed by atoms with Gasteiger partial charge in [-0.2, -0.15) is 0 Å². The first-order valence-corrected chi connectivity index (χ1v) is 7.51. The number of carboxylic acids is 1. The molecule has 0 bridgehead atoms. The maximum Gasteiger partial charge on any atom is 0.304 e. The zero-order valence-electron chi connectivity index (χ0n) is 12.6. The van der Waals surface area contributed by atoms with Crippen LogP contribution in [0.25, 0.3) is 0 Å². The predicted molar refractivity (Wildman–Crippen MR) is 81.6 cm³/mol. The summed E-state index contributed by atoms with van der Waals surface area (Å²) < 4.78 is 5.57. The van der Waals surface area contributed by atoms with Gasteiger partial charge < -0.3 is 14.9 Å². The summed E-state index contributed by atoms with van der Waals surface area (Å²) in [4.78, 5) is 22.9. The van der Waals surface area contributed by atoms with Crippen LogP contribution in [0.5, 0.6) is 5.75 Å². The number of carbonyl (C=O) groups excluding carboxylic acids is 1. The molecular weight excluding hydrogens is 308 g/mol. The highest BCUT2D eigenvalue weighted by molar-refractivity contribution is 6.32. The number of hydrogen-bond donors (Lipinski definition) is 2. The van der Waals surface area contributed by atoms with E-state index in [1.165, 1.54) is 6.07 Å². The van der Waals surface area contributed by atoms with Crippen LogP contribution >= 0.6 is 11.6 Å². The largest absolute Gasteiger partial charge is 0.489 e. The number of halogens is 1. The monoisotopic (exact) mass is 326 g/mol. The Bertz CT molecular complexity index is 584. The van der Waals surface area contributed by atoms with E-state index in [1.807, 2.05) is 0 Å². The SMILES string of the molecule is Cc1cc(C(=O)C(C)CC(=O)O)cc(Cl)c1OCC1(O)CC1. The van der Waals surface area contributed by atoms with Crippen LogP contribution in [0, 0.1) is 12.8 Å². The molecule has 1 fully saturated rings. The Morgan fingerprint density at radius 3 is 2.55 bits per heavy atom. The van der Waals surface area contributed by atoms with Crippen molar-refractivity contribution in [3.05, 3.63) is 28.3 Å². The van der Waals surface area contributed by atoms with Crippen molar-refractivity contribution in [2.24, 2.45) is 5.92 Å². The van der Waals surface area contributed by atoms with Gasteiger partial charge in [-0.15, -0.1) is 0 Å². The number of ketones is 1. The average molecular weight is 327 g/mol. The molecule has 2 rings (SSSR count). The van der Waals surface area contributed by atoms with Crippen LogP contribution in [0.3, 0.4) is 0 Å². The second kappa shape index (κ2) is 6.26. The number of carboxylic acid groups (broad SMARTS) is 1. The Kier molecular flexibility index (Phi) is 4.78. The van der Waals surface area contributed by atoms with Crippen molar-refractivity contribution in [2.45, 2.75) is 38.7 Å². The summed E-state index contributed by atoms with van der Waals surface area (Å²) in [6.07, 6.45) is 1.21. The summed E-state index contributed by atoms with van der Waals surface area (Å²) in [6.45, 7) is 3.51. The van der Waals surface area contributed by atoms with E-state index in [2.05, 4.69) is 0 Å². The number of rotatable bonds is 7. The number of Topliss-reactive ketones (excluding diaryl/α,β-unsaturated/α-hetero) is 1. The lowest BCUT2D eigenvalue weighted by Gasteiger charge is -2.16. The Morgan fingerprint density at radius 1 is 1.41 bits per heavy atom. The summed E-state index contributed by atoms with van der Waals surface area (Å²) in [7, 11) is 0. The van der Waals surface area contributed by atoms with E-state index in [1.54, 1.807) is 19.9 Å². The Hall–Kier alpha value is -1.59. The van der Waals surface area contributed by atoms with Crippen LogP contribution < -0.4 is 4.74 Å². The summed E-state index contributed by atoms with van der Waals surface area (Å²) >= 11 is 6.16. The van der Waals surface area contributed by atoms with Crippen LogP contribution in [0.15, 0.2) is 12.1 Å². The topological polar surface area (TPSA) is 83.8 Å². The molecule has 1 aliphatic carbocycles. The molecule has 0 aliphatic heterocycles. The first-order valence-electron chi connectivity index (χ1n) is 7.13. The van der Waals surface area contributed by atoms with Crippen molar-refractivity contribution >= 4 is 23.4 Å². The molecule has 1 aromatic carbocycles. The number of hydrogen-bond acceptors (Lipinski definition) is 4. The van der Waals surface area contributed by atoms with Crippen molar-refractivity contribution < 1.29 is 24.5 Å². The maximum absolute atomic E-state index is 12.2. The van der Waals surface area contributed by atoms with Crippen molar-refractivity contribution in [2.75, 3.05) is 6.61 Å². The fourth-order valence-corrected chi connectivity index (χ4v) is 2.51. The highest BCUT2D eigenvalue weighted by atomic mass is 35.5. The van der Waals surface area contributed by atoms with Gasteiger partial charge in [0.1, 0.15) is 12.4 Å². The molecular formula is C16H19ClO5. The second-order valence-corrected chi connectivity index (χ2v) is 6.39. The molecule has 0 amide bonds. The smallest absolute Gasteiger partial charge is 0.304 e. The predicted octanol–water partition coefficient (Wildman–Crippen LogP) is 2.85. The Balaban J connectivity index is 2.14. The molecule has 120 valence electrons. The summed E-state index contributed by atoms with van der Waals surface area (Å²) in [5.41, 5.74) is 0.302. The quantitative estimate of drug-likeness (QED) is 0.753. The molecule has 0 spiro atoms. The summed E-state index contributed by atoms with van der Waals surface area (Å²) in [5.74, 6) is -1.45. The summed E-state index contributed by atoms with van der Waals surface area (Å²) in [5, 5.41) is 18.8. The van der Waals surface area contributed by atoms with Gasteiger partial charge >= 0.3 is 5.97 Å². The first-order chi connectivity index (χ1) is 10.2. The van der Waals surface area contributed by atoms with Crippen LogP contribution in [0.4, 0.5) is 0 Å². The van der Waals surface area contributed by atoms with E-state index in [-0.39, 0.29) is 23.8 Å². The minimum Gasteiger partial charge on any atom is -0.489 e. The van der Waals surface area contributed by atoms with Crippen molar-refractivity contribution in [3.8, 4) is 5.75 Å².